The maximum absolute atomic E-state index is 12.2. The van der Waals surface area contributed by atoms with Crippen molar-refractivity contribution in [3.05, 3.63) is 66.1 Å². The van der Waals surface area contributed by atoms with Crippen molar-refractivity contribution in [2.45, 2.75) is 11.4 Å². The number of hydrogen-bond donors (Lipinski definition) is 2. The van der Waals surface area contributed by atoms with Crippen LogP contribution in [0.25, 0.3) is 10.9 Å². The van der Waals surface area contributed by atoms with Gasteiger partial charge in [-0.05, 0) is 29.8 Å². The minimum Gasteiger partial charge on any atom is -0.348 e. The predicted octanol–water partition coefficient (Wildman–Crippen LogP) is 2.85. The Bertz CT molecular complexity index is 790. The summed E-state index contributed by atoms with van der Waals surface area (Å²) in [6.45, 7) is 0.464. The van der Waals surface area contributed by atoms with Crippen molar-refractivity contribution in [3.63, 3.8) is 0 Å². The normalized spacial score (nSPS) is 10.5. The van der Waals surface area contributed by atoms with Crippen molar-refractivity contribution in [1.82, 2.24) is 15.3 Å². The molecule has 3 rings (SSSR count). The van der Waals surface area contributed by atoms with Crippen LogP contribution in [0.4, 0.5) is 0 Å². The smallest absolute Gasteiger partial charge is 0.253 e. The average Bonchev–Trinajstić information content (AvgIpc) is 2.53. The van der Waals surface area contributed by atoms with Crippen LogP contribution < -0.4 is 5.32 Å². The van der Waals surface area contributed by atoms with Gasteiger partial charge in [-0.3, -0.25) is 14.8 Å². The molecule has 0 aliphatic heterocycles. The quantitative estimate of drug-likeness (QED) is 0.731. The van der Waals surface area contributed by atoms with Gasteiger partial charge < -0.3 is 5.32 Å². The van der Waals surface area contributed by atoms with Crippen molar-refractivity contribution in [3.8, 4) is 0 Å². The van der Waals surface area contributed by atoms with Gasteiger partial charge in [0.1, 0.15) is 0 Å². The summed E-state index contributed by atoms with van der Waals surface area (Å²) in [5.74, 6) is -0.147. The molecule has 4 nitrogen and oxygen atoms in total. The van der Waals surface area contributed by atoms with Gasteiger partial charge >= 0.3 is 0 Å². The highest BCUT2D eigenvalue weighted by Crippen LogP contribution is 2.20. The highest BCUT2D eigenvalue weighted by Gasteiger charge is 2.08. The molecule has 1 N–H and O–H groups in total. The highest BCUT2D eigenvalue weighted by molar-refractivity contribution is 7.80. The van der Waals surface area contributed by atoms with E-state index < -0.39 is 0 Å². The minimum absolute atomic E-state index is 0.147. The lowest BCUT2D eigenvalue weighted by Crippen LogP contribution is -2.22. The van der Waals surface area contributed by atoms with Crippen LogP contribution in [-0.4, -0.2) is 15.9 Å². The van der Waals surface area contributed by atoms with Crippen LogP contribution in [0, 0.1) is 0 Å². The molecule has 5 heteroatoms. The van der Waals surface area contributed by atoms with E-state index in [0.29, 0.717) is 12.1 Å². The number of rotatable bonds is 3. The van der Waals surface area contributed by atoms with Gasteiger partial charge in [0, 0.05) is 35.4 Å². The third-order valence-corrected chi connectivity index (χ3v) is 3.52. The van der Waals surface area contributed by atoms with Crippen LogP contribution in [0.15, 0.2) is 59.9 Å². The second kappa shape index (κ2) is 5.93. The van der Waals surface area contributed by atoms with Crippen molar-refractivity contribution >= 4 is 29.4 Å². The third-order valence-electron chi connectivity index (χ3n) is 3.15. The first-order valence-electron chi connectivity index (χ1n) is 6.49. The summed E-state index contributed by atoms with van der Waals surface area (Å²) in [6.07, 6.45) is 4.98. The first kappa shape index (κ1) is 13.6. The van der Waals surface area contributed by atoms with Crippen molar-refractivity contribution < 1.29 is 4.79 Å². The van der Waals surface area contributed by atoms with E-state index in [2.05, 4.69) is 27.9 Å². The minimum atomic E-state index is -0.147. The van der Waals surface area contributed by atoms with Crippen LogP contribution >= 0.6 is 12.6 Å². The van der Waals surface area contributed by atoms with Gasteiger partial charge in [0.2, 0.25) is 0 Å². The molecule has 0 atom stereocenters. The van der Waals surface area contributed by atoms with Gasteiger partial charge in [-0.2, -0.15) is 0 Å². The van der Waals surface area contributed by atoms with Gasteiger partial charge in [0.25, 0.3) is 5.91 Å². The number of fused-ring (bicyclic) bond motifs is 1. The molecule has 2 aromatic heterocycles. The molecular weight excluding hydrogens is 282 g/mol. The maximum atomic E-state index is 12.2. The van der Waals surface area contributed by atoms with E-state index in [-0.39, 0.29) is 5.91 Å². The summed E-state index contributed by atoms with van der Waals surface area (Å²) in [4.78, 5) is 21.2. The van der Waals surface area contributed by atoms with E-state index in [1.807, 2.05) is 36.4 Å². The lowest BCUT2D eigenvalue weighted by molar-refractivity contribution is 0.0950. The van der Waals surface area contributed by atoms with E-state index in [9.17, 15) is 4.79 Å². The fraction of sp³-hybridized carbons (Fsp3) is 0.0625. The summed E-state index contributed by atoms with van der Waals surface area (Å²) >= 11 is 4.36. The Kier molecular flexibility index (Phi) is 3.83. The number of thiol groups is 1. The summed E-state index contributed by atoms with van der Waals surface area (Å²) < 4.78 is 0. The molecule has 1 amide bonds. The molecule has 0 aliphatic rings. The van der Waals surface area contributed by atoms with E-state index in [0.717, 1.165) is 21.4 Å². The second-order valence-electron chi connectivity index (χ2n) is 4.61. The number of nitrogens with zero attached hydrogens (tertiary/aromatic N) is 2. The molecule has 0 fully saturated rings. The maximum Gasteiger partial charge on any atom is 0.253 e. The van der Waals surface area contributed by atoms with E-state index in [1.54, 1.807) is 18.6 Å². The molecule has 0 saturated heterocycles. The van der Waals surface area contributed by atoms with Crippen LogP contribution in [0.3, 0.4) is 0 Å². The Morgan fingerprint density at radius 1 is 1.19 bits per heavy atom. The standard InChI is InChI=1S/C16H13N3OS/c20-16(19-9-11-4-6-17-7-5-11)13-8-12-2-1-3-14(21)15(12)18-10-13/h1-8,10,21H,9H2,(H,19,20). The Hall–Kier alpha value is -2.40. The molecule has 0 spiro atoms. The van der Waals surface area contributed by atoms with E-state index in [4.69, 9.17) is 0 Å². The zero-order chi connectivity index (χ0) is 14.7. The van der Waals surface area contributed by atoms with Crippen LogP contribution in [0.2, 0.25) is 0 Å². The Labute approximate surface area is 127 Å². The number of hydrogen-bond acceptors (Lipinski definition) is 4. The van der Waals surface area contributed by atoms with Gasteiger partial charge in [-0.15, -0.1) is 12.6 Å². The number of pyridine rings is 2. The zero-order valence-corrected chi connectivity index (χ0v) is 12.0. The summed E-state index contributed by atoms with van der Waals surface area (Å²) in [5, 5.41) is 3.77. The Morgan fingerprint density at radius 3 is 2.81 bits per heavy atom. The lowest BCUT2D eigenvalue weighted by atomic mass is 10.1. The van der Waals surface area contributed by atoms with Crippen molar-refractivity contribution in [2.75, 3.05) is 0 Å². The molecule has 2 heterocycles. The topological polar surface area (TPSA) is 54.9 Å². The third kappa shape index (κ3) is 3.03. The summed E-state index contributed by atoms with van der Waals surface area (Å²) in [7, 11) is 0. The van der Waals surface area contributed by atoms with Crippen LogP contribution in [0.1, 0.15) is 15.9 Å². The molecule has 0 unspecified atom stereocenters. The lowest BCUT2D eigenvalue weighted by Gasteiger charge is -2.06. The number of aromatic nitrogens is 2. The van der Waals surface area contributed by atoms with Crippen LogP contribution in [0.5, 0.6) is 0 Å². The molecule has 21 heavy (non-hydrogen) atoms. The van der Waals surface area contributed by atoms with Gasteiger partial charge in [-0.25, -0.2) is 0 Å². The number of carbonyl (C=O) groups is 1. The molecule has 0 saturated carbocycles. The number of nitrogens with one attached hydrogen (secondary N) is 1. The first-order valence-corrected chi connectivity index (χ1v) is 6.93. The zero-order valence-electron chi connectivity index (χ0n) is 11.2. The number of para-hydroxylation sites is 1. The Balaban J connectivity index is 1.79. The average molecular weight is 295 g/mol. The monoisotopic (exact) mass is 295 g/mol. The molecule has 1 aromatic carbocycles. The molecular formula is C16H13N3OS. The van der Waals surface area contributed by atoms with Gasteiger partial charge in [0.15, 0.2) is 0 Å². The van der Waals surface area contributed by atoms with Gasteiger partial charge in [-0.1, -0.05) is 12.1 Å². The van der Waals surface area contributed by atoms with Crippen LogP contribution in [-0.2, 0) is 6.54 Å². The Morgan fingerprint density at radius 2 is 2.00 bits per heavy atom. The largest absolute Gasteiger partial charge is 0.348 e. The molecule has 0 aliphatic carbocycles. The highest BCUT2D eigenvalue weighted by atomic mass is 32.1. The van der Waals surface area contributed by atoms with Gasteiger partial charge in [0.05, 0.1) is 11.1 Å². The molecule has 104 valence electrons. The molecule has 3 aromatic rings. The summed E-state index contributed by atoms with van der Waals surface area (Å²) in [5.41, 5.74) is 2.34. The van der Waals surface area contributed by atoms with Crippen molar-refractivity contribution in [1.29, 1.82) is 0 Å². The predicted molar refractivity (Wildman–Crippen MR) is 84.4 cm³/mol. The first-order chi connectivity index (χ1) is 10.2. The number of amides is 1. The molecule has 0 bridgehead atoms. The second-order valence-corrected chi connectivity index (χ2v) is 5.09. The molecule has 0 radical (unpaired) electrons. The van der Waals surface area contributed by atoms with E-state index >= 15 is 0 Å². The SMILES string of the molecule is O=C(NCc1ccncc1)c1cnc2c(S)cccc2c1. The summed E-state index contributed by atoms with van der Waals surface area (Å²) in [6, 6.07) is 11.2. The fourth-order valence-corrected chi connectivity index (χ4v) is 2.33. The fourth-order valence-electron chi connectivity index (χ4n) is 2.05. The van der Waals surface area contributed by atoms with Crippen molar-refractivity contribution in [2.24, 2.45) is 0 Å². The number of carbonyl (C=O) groups excluding carboxylic acids is 1. The number of benzene rings is 1. The van der Waals surface area contributed by atoms with E-state index in [1.165, 1.54) is 0 Å².